The molecule has 1 fully saturated rings. The van der Waals surface area contributed by atoms with Crippen LogP contribution in [0.25, 0.3) is 21.5 Å². The Morgan fingerprint density at radius 2 is 1.30 bits per heavy atom. The van der Waals surface area contributed by atoms with Gasteiger partial charge in [-0.1, -0.05) is 91.9 Å². The van der Waals surface area contributed by atoms with Crippen molar-refractivity contribution >= 4 is 81.9 Å². The second kappa shape index (κ2) is 15.0. The molecule has 1 saturated heterocycles. The molecular formula is C55H48N4O7Si. The van der Waals surface area contributed by atoms with Crippen molar-refractivity contribution in [2.24, 2.45) is 5.92 Å². The van der Waals surface area contributed by atoms with Gasteiger partial charge in [0.15, 0.2) is 13.9 Å². The van der Waals surface area contributed by atoms with Crippen LogP contribution in [-0.2, 0) is 39.4 Å². The van der Waals surface area contributed by atoms with Gasteiger partial charge in [0.1, 0.15) is 0 Å². The second-order valence-electron chi connectivity index (χ2n) is 19.3. The highest BCUT2D eigenvalue weighted by Crippen LogP contribution is 2.61. The molecule has 11 nitrogen and oxygen atoms in total. The number of hydrogen-bond donors (Lipinski definition) is 2. The van der Waals surface area contributed by atoms with E-state index in [1.165, 1.54) is 0 Å². The third kappa shape index (κ3) is 6.06. The number of nitrogens with zero attached hydrogens (tertiary/aromatic N) is 4. The predicted octanol–water partition coefficient (Wildman–Crippen LogP) is 9.26. The van der Waals surface area contributed by atoms with Gasteiger partial charge < -0.3 is 24.4 Å². The lowest BCUT2D eigenvalue weighted by Crippen LogP contribution is -2.48. The Bertz CT molecular complexity index is 3270. The number of ether oxygens (including phenoxy) is 1. The van der Waals surface area contributed by atoms with E-state index in [2.05, 4.69) is 0 Å². The highest BCUT2D eigenvalue weighted by molar-refractivity contribution is 6.71. The molecule has 0 aliphatic carbocycles. The molecule has 0 bridgehead atoms. The number of carbonyl (C=O) groups is 4. The summed E-state index contributed by atoms with van der Waals surface area (Å²) in [6.07, 6.45) is -0.405. The number of anilines is 5. The lowest BCUT2D eigenvalue weighted by atomic mass is 9.82. The lowest BCUT2D eigenvalue weighted by Gasteiger charge is -2.37. The summed E-state index contributed by atoms with van der Waals surface area (Å²) in [7, 11) is -3.19. The average Bonchev–Trinajstić information content (AvgIpc) is 3.98. The van der Waals surface area contributed by atoms with Crippen LogP contribution < -0.4 is 14.7 Å². The van der Waals surface area contributed by atoms with Gasteiger partial charge in [0.2, 0.25) is 5.91 Å². The zero-order valence-electron chi connectivity index (χ0n) is 37.3. The third-order valence-corrected chi connectivity index (χ3v) is 17.6. The van der Waals surface area contributed by atoms with Crippen molar-refractivity contribution in [3.8, 4) is 0 Å². The van der Waals surface area contributed by atoms with Crippen molar-refractivity contribution in [3.05, 3.63) is 173 Å². The van der Waals surface area contributed by atoms with E-state index in [9.17, 15) is 24.3 Å². The summed E-state index contributed by atoms with van der Waals surface area (Å²) < 4.78 is 7.21. The zero-order chi connectivity index (χ0) is 46.1. The van der Waals surface area contributed by atoms with Crippen molar-refractivity contribution in [3.63, 3.8) is 0 Å². The molecule has 12 rings (SSSR count). The number of carbonyl (C=O) groups excluding carboxylic acids is 4. The lowest BCUT2D eigenvalue weighted by molar-refractivity contribution is -0.151. The molecule has 2 N–H and O–H groups in total. The van der Waals surface area contributed by atoms with Crippen LogP contribution in [0.15, 0.2) is 140 Å². The van der Waals surface area contributed by atoms with Gasteiger partial charge in [0.25, 0.3) is 17.7 Å². The van der Waals surface area contributed by atoms with E-state index < -0.39 is 37.5 Å². The van der Waals surface area contributed by atoms with E-state index in [1.54, 1.807) is 19.6 Å². The molecule has 12 heteroatoms. The Morgan fingerprint density at radius 3 is 1.91 bits per heavy atom. The van der Waals surface area contributed by atoms with Crippen molar-refractivity contribution in [1.82, 2.24) is 4.90 Å². The molecule has 67 heavy (non-hydrogen) atoms. The normalized spacial score (nSPS) is 22.8. The van der Waals surface area contributed by atoms with Gasteiger partial charge in [-0.25, -0.2) is 0 Å². The summed E-state index contributed by atoms with van der Waals surface area (Å²) in [5, 5.41) is 14.2. The quantitative estimate of drug-likeness (QED) is 0.146. The maximum atomic E-state index is 15.7. The minimum atomic E-state index is -3.19. The van der Waals surface area contributed by atoms with E-state index in [0.29, 0.717) is 46.7 Å². The predicted molar refractivity (Wildman–Crippen MR) is 260 cm³/mol. The molecule has 5 aliphatic rings. The van der Waals surface area contributed by atoms with E-state index in [0.717, 1.165) is 49.6 Å². The van der Waals surface area contributed by atoms with Crippen LogP contribution in [-0.4, -0.2) is 65.5 Å². The van der Waals surface area contributed by atoms with Gasteiger partial charge in [0, 0.05) is 45.7 Å². The van der Waals surface area contributed by atoms with Crippen molar-refractivity contribution in [2.45, 2.75) is 69.2 Å². The van der Waals surface area contributed by atoms with E-state index >= 15 is 4.79 Å². The number of aliphatic hydroxyl groups excluding tert-OH is 1. The number of amides is 4. The summed E-state index contributed by atoms with van der Waals surface area (Å²) >= 11 is 0. The first-order valence-corrected chi connectivity index (χ1v) is 26.0. The van der Waals surface area contributed by atoms with Crippen LogP contribution in [0.2, 0.25) is 18.6 Å². The molecule has 334 valence electrons. The summed E-state index contributed by atoms with van der Waals surface area (Å²) in [6.45, 7) is 5.92. The number of hydrogen-bond acceptors (Lipinski definition) is 7. The van der Waals surface area contributed by atoms with Gasteiger partial charge in [-0.05, 0) is 102 Å². The van der Waals surface area contributed by atoms with Gasteiger partial charge in [-0.2, -0.15) is 0 Å². The Labute approximate surface area is 388 Å². The monoisotopic (exact) mass is 904 g/mol. The van der Waals surface area contributed by atoms with E-state index in [1.807, 2.05) is 160 Å². The van der Waals surface area contributed by atoms with Gasteiger partial charge in [-0.3, -0.25) is 29.0 Å². The average molecular weight is 905 g/mol. The first-order chi connectivity index (χ1) is 32.4. The highest BCUT2D eigenvalue weighted by atomic mass is 28.4. The fraction of sp³-hybridized carbons (Fsp3) is 0.236. The van der Waals surface area contributed by atoms with Crippen molar-refractivity contribution < 1.29 is 33.8 Å². The molecule has 0 unspecified atom stereocenters. The molecule has 5 heterocycles. The van der Waals surface area contributed by atoms with Crippen LogP contribution in [0.3, 0.4) is 0 Å². The molecule has 0 aromatic heterocycles. The van der Waals surface area contributed by atoms with Gasteiger partial charge >= 0.3 is 0 Å². The zero-order valence-corrected chi connectivity index (χ0v) is 38.3. The standard InChI is InChI=1S/C55H48N4O7Si/c1-32-51(67(2,3)65)47(28-48(61)56-30-37-11-5-4-10-36(37)26-40(56)31-60)66-55(32)43-27-39(59-46-19-9-15-35-13-7-17-42(50(35)46)53(59)63)24-25-44(43)57(54(55)64)29-33-20-22-38(23-21-33)58-45-18-8-14-34-12-6-16-41(49(34)45)52(58)62/h4-25,27,32,40,47,51,60,65H,26,28-31H2,1-3H3/t32-,40-,47+,51-,55+/m0/s1. The minimum absolute atomic E-state index is 0.0924. The van der Waals surface area contributed by atoms with Crippen LogP contribution in [0.1, 0.15) is 56.3 Å². The van der Waals surface area contributed by atoms with Crippen LogP contribution in [0, 0.1) is 5.92 Å². The van der Waals surface area contributed by atoms with Gasteiger partial charge in [0.05, 0.1) is 59.9 Å². The second-order valence-corrected chi connectivity index (χ2v) is 23.3. The molecule has 7 aromatic rings. The van der Waals surface area contributed by atoms with Crippen LogP contribution in [0.4, 0.5) is 28.4 Å². The summed E-state index contributed by atoms with van der Waals surface area (Å²) in [4.78, 5) is 77.4. The van der Waals surface area contributed by atoms with E-state index in [-0.39, 0.29) is 43.2 Å². The molecule has 7 aromatic carbocycles. The molecule has 4 amide bonds. The summed E-state index contributed by atoms with van der Waals surface area (Å²) in [6, 6.07) is 44.1. The highest BCUT2D eigenvalue weighted by Gasteiger charge is 2.66. The molecule has 5 atom stereocenters. The smallest absolute Gasteiger partial charge is 0.264 e. The van der Waals surface area contributed by atoms with Crippen LogP contribution in [0.5, 0.6) is 0 Å². The Balaban J connectivity index is 0.928. The Hall–Kier alpha value is -6.96. The molecule has 5 aliphatic heterocycles. The molecule has 0 saturated carbocycles. The summed E-state index contributed by atoms with van der Waals surface area (Å²) in [5.74, 6) is -1.39. The maximum Gasteiger partial charge on any atom is 0.264 e. The molecule has 0 radical (unpaired) electrons. The van der Waals surface area contributed by atoms with Crippen molar-refractivity contribution in [2.75, 3.05) is 21.3 Å². The van der Waals surface area contributed by atoms with Gasteiger partial charge in [-0.15, -0.1) is 0 Å². The number of benzene rings is 7. The maximum absolute atomic E-state index is 15.7. The SMILES string of the molecule is C[C@H]1[C@H]([Si](C)(C)O)[C@@H](CC(=O)N2Cc3ccccc3C[C@H]2CO)O[C@]12C(=O)N(Cc1ccc(N3C(=O)c4cccc5cccc3c45)cc1)c1ccc(N3C(=O)c4cccc5cccc3c45)cc12. The largest absolute Gasteiger partial charge is 0.432 e. The third-order valence-electron chi connectivity index (χ3n) is 15.1. The first kappa shape index (κ1) is 41.5. The molecule has 1 spiro atoms. The topological polar surface area (TPSA) is 131 Å². The number of aliphatic hydroxyl groups is 1. The fourth-order valence-corrected chi connectivity index (χ4v) is 14.7. The van der Waals surface area contributed by atoms with Crippen LogP contribution >= 0.6 is 0 Å². The Morgan fingerprint density at radius 1 is 0.716 bits per heavy atom. The fourth-order valence-electron chi connectivity index (χ4n) is 12.2. The Kier molecular flexibility index (Phi) is 9.30. The first-order valence-electron chi connectivity index (χ1n) is 23.0. The minimum Gasteiger partial charge on any atom is -0.432 e. The molecular weight excluding hydrogens is 857 g/mol. The summed E-state index contributed by atoms with van der Waals surface area (Å²) in [5.41, 5.74) is 6.05. The number of rotatable bonds is 8. The van der Waals surface area contributed by atoms with Crippen molar-refractivity contribution in [1.29, 1.82) is 0 Å². The van der Waals surface area contributed by atoms with E-state index in [4.69, 9.17) is 4.74 Å². The number of fused-ring (bicyclic) bond motifs is 3.